The average molecular weight is 538 g/mol. The monoisotopic (exact) mass is 537 g/mol. The first-order valence-electron chi connectivity index (χ1n) is 12.1. The number of hydrogen-bond acceptors (Lipinski definition) is 6. The van der Waals surface area contributed by atoms with Crippen molar-refractivity contribution in [1.82, 2.24) is 15.0 Å². The topological polar surface area (TPSA) is 89.0 Å². The lowest BCUT2D eigenvalue weighted by Crippen LogP contribution is -2.15. The van der Waals surface area contributed by atoms with E-state index in [-0.39, 0.29) is 22.9 Å². The van der Waals surface area contributed by atoms with Crippen molar-refractivity contribution >= 4 is 23.1 Å². The molecule has 0 radical (unpaired) electrons. The molecule has 1 aliphatic heterocycles. The van der Waals surface area contributed by atoms with Crippen LogP contribution in [0.3, 0.4) is 0 Å². The Balaban J connectivity index is 1.39. The second kappa shape index (κ2) is 11.2. The van der Waals surface area contributed by atoms with E-state index in [0.29, 0.717) is 42.3 Å². The highest BCUT2D eigenvalue weighted by atomic mass is 19.4. The number of aromatic nitrogens is 3. The summed E-state index contributed by atoms with van der Waals surface area (Å²) in [7, 11) is 0. The molecule has 0 saturated carbocycles. The van der Waals surface area contributed by atoms with Crippen molar-refractivity contribution < 1.29 is 27.1 Å². The van der Waals surface area contributed by atoms with E-state index in [0.717, 1.165) is 24.6 Å². The summed E-state index contributed by atoms with van der Waals surface area (Å²) in [5.74, 6) is -0.928. The second-order valence-electron chi connectivity index (χ2n) is 9.12. The largest absolute Gasteiger partial charge is 0.416 e. The van der Waals surface area contributed by atoms with Crippen molar-refractivity contribution in [3.63, 3.8) is 0 Å². The number of benzene rings is 2. The summed E-state index contributed by atoms with van der Waals surface area (Å²) in [4.78, 5) is 25.4. The summed E-state index contributed by atoms with van der Waals surface area (Å²) in [6.07, 6.45) is 1.03. The van der Waals surface area contributed by atoms with Crippen LogP contribution in [0.1, 0.15) is 27.9 Å². The van der Waals surface area contributed by atoms with Crippen LogP contribution in [0.2, 0.25) is 0 Å². The first kappa shape index (κ1) is 26.2. The van der Waals surface area contributed by atoms with Gasteiger partial charge in [-0.25, -0.2) is 19.3 Å². The zero-order valence-corrected chi connectivity index (χ0v) is 20.5. The van der Waals surface area contributed by atoms with Crippen LogP contribution in [0.15, 0.2) is 73.3 Å². The van der Waals surface area contributed by atoms with Crippen LogP contribution in [0.25, 0.3) is 11.3 Å². The molecule has 0 spiro atoms. The molecule has 2 aromatic heterocycles. The summed E-state index contributed by atoms with van der Waals surface area (Å²) in [6.45, 7) is 1.06. The molecule has 11 heteroatoms. The van der Waals surface area contributed by atoms with Crippen molar-refractivity contribution in [2.24, 2.45) is 5.92 Å². The Morgan fingerprint density at radius 2 is 1.92 bits per heavy atom. The molecule has 0 bridgehead atoms. The number of hydrogen-bond donors (Lipinski definition) is 2. The molecule has 200 valence electrons. The predicted octanol–water partition coefficient (Wildman–Crippen LogP) is 6.27. The number of nitrogens with one attached hydrogen (secondary N) is 2. The van der Waals surface area contributed by atoms with Gasteiger partial charge in [0.1, 0.15) is 18.0 Å². The van der Waals surface area contributed by atoms with Crippen molar-refractivity contribution in [3.05, 3.63) is 95.8 Å². The van der Waals surface area contributed by atoms with Crippen molar-refractivity contribution in [2.45, 2.75) is 19.0 Å². The Bertz CT molecular complexity index is 1470. The molecule has 1 atom stereocenters. The van der Waals surface area contributed by atoms with Gasteiger partial charge in [-0.1, -0.05) is 0 Å². The summed E-state index contributed by atoms with van der Waals surface area (Å²) < 4.78 is 60.8. The number of ether oxygens (including phenoxy) is 1. The molecule has 5 rings (SSSR count). The van der Waals surface area contributed by atoms with Gasteiger partial charge in [0.25, 0.3) is 5.91 Å². The molecule has 3 heterocycles. The summed E-state index contributed by atoms with van der Waals surface area (Å²) in [6, 6.07) is 12.2. The first-order chi connectivity index (χ1) is 18.8. The maximum absolute atomic E-state index is 14.7. The minimum atomic E-state index is -4.58. The van der Waals surface area contributed by atoms with E-state index in [1.54, 1.807) is 24.4 Å². The van der Waals surface area contributed by atoms with Gasteiger partial charge in [0.2, 0.25) is 0 Å². The van der Waals surface area contributed by atoms with E-state index < -0.39 is 23.5 Å². The van der Waals surface area contributed by atoms with E-state index in [1.165, 1.54) is 30.7 Å². The fourth-order valence-electron chi connectivity index (χ4n) is 4.38. The lowest BCUT2D eigenvalue weighted by atomic mass is 9.96. The Labute approximate surface area is 221 Å². The van der Waals surface area contributed by atoms with E-state index in [2.05, 4.69) is 25.6 Å². The van der Waals surface area contributed by atoms with Gasteiger partial charge in [-0.15, -0.1) is 0 Å². The lowest BCUT2D eigenvalue weighted by molar-refractivity contribution is -0.137. The number of nitrogens with zero attached hydrogens (tertiary/aromatic N) is 3. The second-order valence-corrected chi connectivity index (χ2v) is 9.12. The van der Waals surface area contributed by atoms with Gasteiger partial charge in [-0.2, -0.15) is 13.2 Å². The van der Waals surface area contributed by atoms with Crippen molar-refractivity contribution in [1.29, 1.82) is 0 Å². The number of carbonyl (C=O) groups is 1. The van der Waals surface area contributed by atoms with Crippen LogP contribution in [0.5, 0.6) is 0 Å². The van der Waals surface area contributed by atoms with Gasteiger partial charge in [0.05, 0.1) is 16.9 Å². The number of carbonyl (C=O) groups excluding carboxylic acids is 1. The Morgan fingerprint density at radius 1 is 1.05 bits per heavy atom. The highest BCUT2D eigenvalue weighted by Crippen LogP contribution is 2.34. The van der Waals surface area contributed by atoms with Gasteiger partial charge >= 0.3 is 6.18 Å². The first-order valence-corrected chi connectivity index (χ1v) is 12.1. The van der Waals surface area contributed by atoms with Crippen molar-refractivity contribution in [2.75, 3.05) is 23.8 Å². The minimum absolute atomic E-state index is 0.00153. The number of halogens is 4. The number of pyridine rings is 1. The molecule has 1 amide bonds. The van der Waals surface area contributed by atoms with Crippen LogP contribution in [0, 0.1) is 11.7 Å². The SMILES string of the molecule is O=C(Nc1cc(C[C@@H]2CCOC2)cc(C(F)(F)F)c1)c1ccc(F)c(Nc2ncccc2-c2ccncn2)c1. The predicted molar refractivity (Wildman–Crippen MR) is 137 cm³/mol. The Kier molecular flexibility index (Phi) is 7.51. The lowest BCUT2D eigenvalue weighted by Gasteiger charge is -2.15. The van der Waals surface area contributed by atoms with Gasteiger partial charge in [0, 0.05) is 42.4 Å². The van der Waals surface area contributed by atoms with Crippen molar-refractivity contribution in [3.8, 4) is 11.3 Å². The normalized spacial score (nSPS) is 15.2. The van der Waals surface area contributed by atoms with Gasteiger partial charge in [0.15, 0.2) is 0 Å². The Hall–Kier alpha value is -4.38. The number of alkyl halides is 3. The molecule has 0 unspecified atom stereocenters. The fourth-order valence-corrected chi connectivity index (χ4v) is 4.38. The van der Waals surface area contributed by atoms with E-state index in [4.69, 9.17) is 4.74 Å². The van der Waals surface area contributed by atoms with Crippen LogP contribution >= 0.6 is 0 Å². The summed E-state index contributed by atoms with van der Waals surface area (Å²) in [5.41, 5.74) is 0.729. The molecule has 1 saturated heterocycles. The maximum atomic E-state index is 14.7. The van der Waals surface area contributed by atoms with E-state index in [1.807, 2.05) is 0 Å². The smallest absolute Gasteiger partial charge is 0.381 e. The summed E-state index contributed by atoms with van der Waals surface area (Å²) in [5, 5.41) is 5.42. The molecule has 7 nitrogen and oxygen atoms in total. The minimum Gasteiger partial charge on any atom is -0.381 e. The van der Waals surface area contributed by atoms with Crippen LogP contribution in [-0.4, -0.2) is 34.1 Å². The standard InChI is InChI=1S/C28H23F4N5O2/c29-23-4-3-19(13-25(23)37-26-22(2-1-7-34-26)24-5-8-33-16-35-24)27(38)36-21-12-18(10-17-6-9-39-15-17)11-20(14-21)28(30,31)32/h1-5,7-8,11-14,16-17H,6,9-10,15H2,(H,34,37)(H,36,38)/t17-/m0/s1. The molecule has 4 aromatic rings. The molecule has 1 aliphatic rings. The molecule has 0 aliphatic carbocycles. The molecular formula is C28H23F4N5O2. The zero-order chi connectivity index (χ0) is 27.4. The summed E-state index contributed by atoms with van der Waals surface area (Å²) >= 11 is 0. The van der Waals surface area contributed by atoms with Crippen LogP contribution < -0.4 is 10.6 Å². The highest BCUT2D eigenvalue weighted by Gasteiger charge is 2.32. The average Bonchev–Trinajstić information content (AvgIpc) is 3.43. The number of anilines is 3. The third kappa shape index (κ3) is 6.37. The molecular weight excluding hydrogens is 514 g/mol. The van der Waals surface area contributed by atoms with E-state index in [9.17, 15) is 22.4 Å². The molecule has 1 fully saturated rings. The molecule has 39 heavy (non-hydrogen) atoms. The third-order valence-electron chi connectivity index (χ3n) is 6.27. The van der Waals surface area contributed by atoms with Gasteiger partial charge in [-0.05, 0) is 78.9 Å². The zero-order valence-electron chi connectivity index (χ0n) is 20.5. The molecule has 2 N–H and O–H groups in total. The third-order valence-corrected chi connectivity index (χ3v) is 6.27. The number of amides is 1. The maximum Gasteiger partial charge on any atom is 0.416 e. The highest BCUT2D eigenvalue weighted by molar-refractivity contribution is 6.05. The fraction of sp³-hybridized carbons (Fsp3) is 0.214. The molecule has 2 aromatic carbocycles. The van der Waals surface area contributed by atoms with Crippen LogP contribution in [-0.2, 0) is 17.3 Å². The van der Waals surface area contributed by atoms with Gasteiger partial charge < -0.3 is 15.4 Å². The quantitative estimate of drug-likeness (QED) is 0.270. The van der Waals surface area contributed by atoms with E-state index >= 15 is 0 Å². The van der Waals surface area contributed by atoms with Gasteiger partial charge in [-0.3, -0.25) is 4.79 Å². The van der Waals surface area contributed by atoms with Crippen LogP contribution in [0.4, 0.5) is 34.8 Å². The number of rotatable bonds is 7. The Morgan fingerprint density at radius 3 is 2.67 bits per heavy atom.